The van der Waals surface area contributed by atoms with Crippen LogP contribution in [0.15, 0.2) is 53.4 Å². The lowest BCUT2D eigenvalue weighted by Crippen LogP contribution is -2.35. The van der Waals surface area contributed by atoms with E-state index in [1.54, 1.807) is 18.2 Å². The molecule has 0 bridgehead atoms. The Morgan fingerprint density at radius 1 is 1.21 bits per heavy atom. The third kappa shape index (κ3) is 5.87. The molecule has 0 aliphatic heterocycles. The summed E-state index contributed by atoms with van der Waals surface area (Å²) in [5.41, 5.74) is 0.696. The largest absolute Gasteiger partial charge is 0.452 e. The van der Waals surface area contributed by atoms with Crippen molar-refractivity contribution in [1.29, 1.82) is 5.26 Å². The molecular formula is C18H16FN3O5S. The maximum absolute atomic E-state index is 12.9. The number of sulfonamides is 1. The zero-order valence-corrected chi connectivity index (χ0v) is 15.5. The molecule has 10 heteroatoms. The van der Waals surface area contributed by atoms with Gasteiger partial charge in [0.05, 0.1) is 16.5 Å². The van der Waals surface area contributed by atoms with E-state index in [9.17, 15) is 22.4 Å². The average Bonchev–Trinajstić information content (AvgIpc) is 2.67. The number of amides is 1. The lowest BCUT2D eigenvalue weighted by atomic mass is 10.2. The molecule has 0 saturated carbocycles. The highest BCUT2D eigenvalue weighted by Crippen LogP contribution is 2.11. The highest BCUT2D eigenvalue weighted by molar-refractivity contribution is 7.89. The monoisotopic (exact) mass is 405 g/mol. The number of benzene rings is 2. The SMILES string of the molecule is C[C@@H](OC(=O)CNS(=O)(=O)c1ccc(F)cc1)C(=O)Nc1cccc(C#N)c1. The second-order valence-electron chi connectivity index (χ2n) is 5.59. The second kappa shape index (κ2) is 9.07. The molecule has 146 valence electrons. The highest BCUT2D eigenvalue weighted by Gasteiger charge is 2.20. The Kier molecular flexibility index (Phi) is 6.81. The predicted molar refractivity (Wildman–Crippen MR) is 96.9 cm³/mol. The minimum absolute atomic E-state index is 0.218. The first-order chi connectivity index (χ1) is 13.2. The summed E-state index contributed by atoms with van der Waals surface area (Å²) in [6.45, 7) is 0.608. The van der Waals surface area contributed by atoms with Crippen LogP contribution in [0.1, 0.15) is 12.5 Å². The second-order valence-corrected chi connectivity index (χ2v) is 7.36. The molecule has 0 aliphatic carbocycles. The van der Waals surface area contributed by atoms with Gasteiger partial charge < -0.3 is 10.1 Å². The summed E-state index contributed by atoms with van der Waals surface area (Å²) in [4.78, 5) is 23.6. The van der Waals surface area contributed by atoms with E-state index >= 15 is 0 Å². The van der Waals surface area contributed by atoms with Gasteiger partial charge in [-0.1, -0.05) is 6.07 Å². The standard InChI is InChI=1S/C18H16FN3O5S/c1-12(18(24)22-15-4-2-3-13(9-15)10-20)27-17(23)11-21-28(25,26)16-7-5-14(19)6-8-16/h2-9,12,21H,11H2,1H3,(H,22,24)/t12-/m1/s1. The summed E-state index contributed by atoms with van der Waals surface area (Å²) in [5, 5.41) is 11.3. The van der Waals surface area contributed by atoms with Gasteiger partial charge in [-0.15, -0.1) is 0 Å². The minimum Gasteiger partial charge on any atom is -0.452 e. The van der Waals surface area contributed by atoms with E-state index in [4.69, 9.17) is 10.00 Å². The quantitative estimate of drug-likeness (QED) is 0.673. The lowest BCUT2D eigenvalue weighted by Gasteiger charge is -2.14. The van der Waals surface area contributed by atoms with Crippen LogP contribution in [0.25, 0.3) is 0 Å². The van der Waals surface area contributed by atoms with Crippen molar-refractivity contribution < 1.29 is 27.1 Å². The van der Waals surface area contributed by atoms with Crippen LogP contribution in [-0.4, -0.2) is 32.9 Å². The van der Waals surface area contributed by atoms with Gasteiger partial charge in [0, 0.05) is 5.69 Å². The average molecular weight is 405 g/mol. The number of nitrogens with one attached hydrogen (secondary N) is 2. The van der Waals surface area contributed by atoms with Gasteiger partial charge in [0.25, 0.3) is 5.91 Å². The maximum atomic E-state index is 12.9. The molecule has 2 aromatic carbocycles. The van der Waals surface area contributed by atoms with Crippen LogP contribution in [-0.2, 0) is 24.3 Å². The normalized spacial score (nSPS) is 11.9. The molecule has 0 spiro atoms. The van der Waals surface area contributed by atoms with Gasteiger partial charge in [-0.05, 0) is 49.4 Å². The van der Waals surface area contributed by atoms with E-state index < -0.39 is 40.4 Å². The number of carbonyl (C=O) groups is 2. The Bertz CT molecular complexity index is 1020. The zero-order valence-electron chi connectivity index (χ0n) is 14.7. The van der Waals surface area contributed by atoms with Crippen LogP contribution in [0.2, 0.25) is 0 Å². The molecule has 2 rings (SSSR count). The van der Waals surface area contributed by atoms with E-state index in [0.717, 1.165) is 24.3 Å². The predicted octanol–water partition coefficient (Wildman–Crippen LogP) is 1.55. The van der Waals surface area contributed by atoms with Crippen LogP contribution in [0.5, 0.6) is 0 Å². The number of carbonyl (C=O) groups excluding carboxylic acids is 2. The van der Waals surface area contributed by atoms with Crippen LogP contribution in [0.3, 0.4) is 0 Å². The van der Waals surface area contributed by atoms with Crippen LogP contribution >= 0.6 is 0 Å². The third-order valence-corrected chi connectivity index (χ3v) is 4.88. The van der Waals surface area contributed by atoms with Crippen molar-refractivity contribution in [2.24, 2.45) is 0 Å². The minimum atomic E-state index is -4.03. The molecule has 0 saturated heterocycles. The molecular weight excluding hydrogens is 389 g/mol. The first kappa shape index (κ1) is 21.0. The lowest BCUT2D eigenvalue weighted by molar-refractivity contribution is -0.151. The van der Waals surface area contributed by atoms with Crippen molar-refractivity contribution in [1.82, 2.24) is 4.72 Å². The van der Waals surface area contributed by atoms with Crippen LogP contribution in [0.4, 0.5) is 10.1 Å². The highest BCUT2D eigenvalue weighted by atomic mass is 32.2. The fraction of sp³-hybridized carbons (Fsp3) is 0.167. The summed E-state index contributed by atoms with van der Waals surface area (Å²) in [5.74, 6) is -2.22. The van der Waals surface area contributed by atoms with E-state index in [0.29, 0.717) is 11.3 Å². The fourth-order valence-electron chi connectivity index (χ4n) is 2.05. The summed E-state index contributed by atoms with van der Waals surface area (Å²) < 4.78 is 43.8. The maximum Gasteiger partial charge on any atom is 0.321 e. The molecule has 0 unspecified atom stereocenters. The van der Waals surface area contributed by atoms with Gasteiger partial charge in [0.1, 0.15) is 12.4 Å². The topological polar surface area (TPSA) is 125 Å². The Morgan fingerprint density at radius 2 is 1.89 bits per heavy atom. The molecule has 1 atom stereocenters. The number of ether oxygens (including phenoxy) is 1. The number of hydrogen-bond donors (Lipinski definition) is 2. The van der Waals surface area contributed by atoms with Crippen LogP contribution in [0, 0.1) is 17.1 Å². The summed E-state index contributed by atoms with van der Waals surface area (Å²) in [6, 6.07) is 12.1. The molecule has 8 nitrogen and oxygen atoms in total. The molecule has 0 fully saturated rings. The summed E-state index contributed by atoms with van der Waals surface area (Å²) in [6.07, 6.45) is -1.20. The molecule has 0 aromatic heterocycles. The van der Waals surface area contributed by atoms with Gasteiger partial charge in [-0.25, -0.2) is 12.8 Å². The van der Waals surface area contributed by atoms with E-state index in [2.05, 4.69) is 5.32 Å². The molecule has 0 heterocycles. The summed E-state index contributed by atoms with van der Waals surface area (Å²) in [7, 11) is -4.03. The Labute approximate surface area is 161 Å². The van der Waals surface area contributed by atoms with E-state index in [1.165, 1.54) is 13.0 Å². The molecule has 2 aromatic rings. The Morgan fingerprint density at radius 3 is 2.54 bits per heavy atom. The van der Waals surface area contributed by atoms with Gasteiger partial charge in [0.2, 0.25) is 10.0 Å². The first-order valence-electron chi connectivity index (χ1n) is 7.97. The molecule has 2 N–H and O–H groups in total. The molecule has 28 heavy (non-hydrogen) atoms. The van der Waals surface area contributed by atoms with Crippen molar-refractivity contribution in [3.05, 3.63) is 59.9 Å². The zero-order chi connectivity index (χ0) is 20.7. The molecule has 1 amide bonds. The third-order valence-electron chi connectivity index (χ3n) is 3.47. The van der Waals surface area contributed by atoms with Crippen molar-refractivity contribution >= 4 is 27.6 Å². The number of nitriles is 1. The number of esters is 1. The number of hydrogen-bond acceptors (Lipinski definition) is 6. The number of nitrogens with zero attached hydrogens (tertiary/aromatic N) is 1. The Balaban J connectivity index is 1.88. The Hall–Kier alpha value is -3.29. The van der Waals surface area contributed by atoms with E-state index in [-0.39, 0.29) is 4.90 Å². The smallest absolute Gasteiger partial charge is 0.321 e. The van der Waals surface area contributed by atoms with E-state index in [1.807, 2.05) is 10.8 Å². The van der Waals surface area contributed by atoms with Gasteiger partial charge in [-0.2, -0.15) is 9.98 Å². The fourth-order valence-corrected chi connectivity index (χ4v) is 3.02. The van der Waals surface area contributed by atoms with Crippen molar-refractivity contribution in [3.63, 3.8) is 0 Å². The number of rotatable bonds is 7. The van der Waals surface area contributed by atoms with Gasteiger partial charge in [-0.3, -0.25) is 9.59 Å². The van der Waals surface area contributed by atoms with Gasteiger partial charge >= 0.3 is 5.97 Å². The molecule has 0 aliphatic rings. The van der Waals surface area contributed by atoms with Crippen LogP contribution < -0.4 is 10.0 Å². The van der Waals surface area contributed by atoms with Crippen molar-refractivity contribution in [3.8, 4) is 6.07 Å². The van der Waals surface area contributed by atoms with Gasteiger partial charge in [0.15, 0.2) is 6.10 Å². The summed E-state index contributed by atoms with van der Waals surface area (Å²) >= 11 is 0. The van der Waals surface area contributed by atoms with Crippen molar-refractivity contribution in [2.75, 3.05) is 11.9 Å². The molecule has 0 radical (unpaired) electrons. The number of halogens is 1. The van der Waals surface area contributed by atoms with Crippen molar-refractivity contribution in [2.45, 2.75) is 17.9 Å². The first-order valence-corrected chi connectivity index (χ1v) is 9.45. The number of anilines is 1.